The molecule has 20 heavy (non-hydrogen) atoms. The lowest BCUT2D eigenvalue weighted by Crippen LogP contribution is -2.32. The molecule has 2 aromatic rings. The fraction of sp³-hybridized carbons (Fsp3) is 0.438. The van der Waals surface area contributed by atoms with E-state index in [0.717, 1.165) is 37.6 Å². The molecule has 0 bridgehead atoms. The van der Waals surface area contributed by atoms with Crippen molar-refractivity contribution in [3.8, 4) is 0 Å². The van der Waals surface area contributed by atoms with E-state index in [-0.39, 0.29) is 6.10 Å². The van der Waals surface area contributed by atoms with E-state index in [1.54, 1.807) is 7.11 Å². The van der Waals surface area contributed by atoms with Crippen LogP contribution in [0.2, 0.25) is 0 Å². The Bertz CT molecular complexity index is 579. The van der Waals surface area contributed by atoms with Gasteiger partial charge in [-0.1, -0.05) is 6.07 Å². The largest absolute Gasteiger partial charge is 0.378 e. The molecule has 106 valence electrons. The van der Waals surface area contributed by atoms with Gasteiger partial charge in [-0.15, -0.1) is 0 Å². The van der Waals surface area contributed by atoms with Gasteiger partial charge in [-0.2, -0.15) is 0 Å². The molecule has 3 rings (SSSR count). The summed E-state index contributed by atoms with van der Waals surface area (Å²) < 4.78 is 7.90. The van der Waals surface area contributed by atoms with Crippen molar-refractivity contribution in [1.82, 2.24) is 14.5 Å². The Balaban J connectivity index is 1.79. The molecule has 0 spiro atoms. The van der Waals surface area contributed by atoms with Crippen molar-refractivity contribution in [1.29, 1.82) is 0 Å². The van der Waals surface area contributed by atoms with Crippen LogP contribution in [0.25, 0.3) is 0 Å². The molecule has 0 aromatic carbocycles. The molecule has 3 heterocycles. The minimum Gasteiger partial charge on any atom is -0.378 e. The molecule has 0 amide bonds. The minimum atomic E-state index is 0.230. The molecule has 1 aliphatic heterocycles. The number of methoxy groups -OCH3 is 1. The van der Waals surface area contributed by atoms with Gasteiger partial charge in [-0.25, -0.2) is 0 Å². The number of hydrogen-bond donors (Lipinski definition) is 0. The predicted octanol–water partition coefficient (Wildman–Crippen LogP) is 2.22. The van der Waals surface area contributed by atoms with Crippen LogP contribution in [-0.4, -0.2) is 34.2 Å². The number of rotatable bonds is 3. The van der Waals surface area contributed by atoms with E-state index in [4.69, 9.17) is 4.74 Å². The summed E-state index contributed by atoms with van der Waals surface area (Å²) in [5.74, 6) is 0. The van der Waals surface area contributed by atoms with Gasteiger partial charge in [0, 0.05) is 50.9 Å². The van der Waals surface area contributed by atoms with Crippen LogP contribution in [0.4, 0.5) is 0 Å². The van der Waals surface area contributed by atoms with Crippen molar-refractivity contribution in [3.63, 3.8) is 0 Å². The number of pyridine rings is 1. The molecule has 1 atom stereocenters. The van der Waals surface area contributed by atoms with Crippen LogP contribution in [0.1, 0.15) is 17.1 Å². The third-order valence-electron chi connectivity index (χ3n) is 3.84. The highest BCUT2D eigenvalue weighted by atomic mass is 16.5. The second-order valence-corrected chi connectivity index (χ2v) is 5.45. The Morgan fingerprint density at radius 3 is 2.95 bits per heavy atom. The lowest BCUT2D eigenvalue weighted by Gasteiger charge is -2.22. The second-order valence-electron chi connectivity index (χ2n) is 5.45. The molecular weight excluding hydrogens is 250 g/mol. The number of ether oxygens (including phenoxy) is 1. The van der Waals surface area contributed by atoms with Gasteiger partial charge >= 0.3 is 0 Å². The Kier molecular flexibility index (Phi) is 3.85. The first kappa shape index (κ1) is 13.3. The topological polar surface area (TPSA) is 30.3 Å². The van der Waals surface area contributed by atoms with Crippen LogP contribution in [0.3, 0.4) is 0 Å². The summed E-state index contributed by atoms with van der Waals surface area (Å²) in [5, 5.41) is 0. The summed E-state index contributed by atoms with van der Waals surface area (Å²) in [6.07, 6.45) is 2.36. The lowest BCUT2D eigenvalue weighted by molar-refractivity contribution is 0.0562. The predicted molar refractivity (Wildman–Crippen MR) is 78.3 cm³/mol. The van der Waals surface area contributed by atoms with Crippen molar-refractivity contribution in [3.05, 3.63) is 53.6 Å². The third kappa shape index (κ3) is 2.92. The van der Waals surface area contributed by atoms with E-state index < -0.39 is 0 Å². The van der Waals surface area contributed by atoms with Gasteiger partial charge < -0.3 is 9.30 Å². The number of aromatic nitrogens is 2. The molecule has 2 aromatic heterocycles. The zero-order chi connectivity index (χ0) is 13.9. The first-order valence-electron chi connectivity index (χ1n) is 7.06. The molecule has 0 unspecified atom stereocenters. The lowest BCUT2D eigenvalue weighted by atomic mass is 10.2. The van der Waals surface area contributed by atoms with Crippen LogP contribution in [-0.2, 0) is 24.4 Å². The van der Waals surface area contributed by atoms with E-state index in [1.807, 2.05) is 13.0 Å². The normalized spacial score (nSPS) is 19.6. The van der Waals surface area contributed by atoms with Crippen molar-refractivity contribution >= 4 is 0 Å². The molecule has 4 heteroatoms. The van der Waals surface area contributed by atoms with E-state index in [2.05, 4.69) is 44.9 Å². The van der Waals surface area contributed by atoms with Gasteiger partial charge in [0.15, 0.2) is 0 Å². The van der Waals surface area contributed by atoms with Gasteiger partial charge in [0.1, 0.15) is 0 Å². The molecule has 0 aliphatic carbocycles. The highest BCUT2D eigenvalue weighted by Gasteiger charge is 2.21. The van der Waals surface area contributed by atoms with Gasteiger partial charge in [0.25, 0.3) is 0 Å². The Morgan fingerprint density at radius 2 is 2.15 bits per heavy atom. The maximum absolute atomic E-state index is 5.61. The maximum Gasteiger partial charge on any atom is 0.0876 e. The highest BCUT2D eigenvalue weighted by Crippen LogP contribution is 2.16. The first-order valence-corrected chi connectivity index (χ1v) is 7.06. The monoisotopic (exact) mass is 271 g/mol. The van der Waals surface area contributed by atoms with E-state index >= 15 is 0 Å². The fourth-order valence-electron chi connectivity index (χ4n) is 2.82. The van der Waals surface area contributed by atoms with Crippen LogP contribution in [0.15, 0.2) is 36.5 Å². The number of fused-ring (bicyclic) bond motifs is 1. The van der Waals surface area contributed by atoms with Crippen LogP contribution < -0.4 is 0 Å². The first-order chi connectivity index (χ1) is 9.74. The van der Waals surface area contributed by atoms with Gasteiger partial charge in [0.2, 0.25) is 0 Å². The SMILES string of the molecule is CO[C@@H]1CN(Cc2cccc(C)n2)Cc2cccn2C1. The smallest absolute Gasteiger partial charge is 0.0876 e. The molecule has 0 saturated carbocycles. The van der Waals surface area contributed by atoms with Crippen LogP contribution in [0, 0.1) is 6.92 Å². The second kappa shape index (κ2) is 5.77. The summed E-state index contributed by atoms with van der Waals surface area (Å²) in [7, 11) is 1.79. The van der Waals surface area contributed by atoms with Gasteiger partial charge in [-0.3, -0.25) is 9.88 Å². The van der Waals surface area contributed by atoms with Gasteiger partial charge in [-0.05, 0) is 31.2 Å². The number of nitrogens with zero attached hydrogens (tertiary/aromatic N) is 3. The molecule has 1 aliphatic rings. The zero-order valence-corrected chi connectivity index (χ0v) is 12.1. The van der Waals surface area contributed by atoms with Crippen LogP contribution >= 0.6 is 0 Å². The fourth-order valence-corrected chi connectivity index (χ4v) is 2.82. The standard InChI is InChI=1S/C16H21N3O/c1-13-5-3-6-14(17-13)9-18-10-15-7-4-8-19(15)12-16(11-18)20-2/h3-8,16H,9-12H2,1-2H3/t16-/m1/s1. The molecular formula is C16H21N3O. The van der Waals surface area contributed by atoms with E-state index in [1.165, 1.54) is 5.69 Å². The van der Waals surface area contributed by atoms with Crippen molar-refractivity contribution in [2.24, 2.45) is 0 Å². The Hall–Kier alpha value is -1.65. The van der Waals surface area contributed by atoms with Crippen molar-refractivity contribution in [2.75, 3.05) is 13.7 Å². The molecule has 0 fully saturated rings. The van der Waals surface area contributed by atoms with E-state index in [0.29, 0.717) is 0 Å². The highest BCUT2D eigenvalue weighted by molar-refractivity contribution is 5.12. The maximum atomic E-state index is 5.61. The summed E-state index contributed by atoms with van der Waals surface area (Å²) >= 11 is 0. The summed E-state index contributed by atoms with van der Waals surface area (Å²) in [6, 6.07) is 10.5. The third-order valence-corrected chi connectivity index (χ3v) is 3.84. The average Bonchev–Trinajstić information content (AvgIpc) is 2.78. The van der Waals surface area contributed by atoms with Crippen molar-refractivity contribution < 1.29 is 4.74 Å². The summed E-state index contributed by atoms with van der Waals surface area (Å²) in [6.45, 7) is 5.72. The molecule has 4 nitrogen and oxygen atoms in total. The zero-order valence-electron chi connectivity index (χ0n) is 12.1. The summed E-state index contributed by atoms with van der Waals surface area (Å²) in [5.41, 5.74) is 3.54. The van der Waals surface area contributed by atoms with E-state index in [9.17, 15) is 0 Å². The average molecular weight is 271 g/mol. The Labute approximate surface area is 120 Å². The molecule has 0 N–H and O–H groups in total. The number of hydrogen-bond acceptors (Lipinski definition) is 3. The van der Waals surface area contributed by atoms with Crippen LogP contribution in [0.5, 0.6) is 0 Å². The quantitative estimate of drug-likeness (QED) is 0.857. The van der Waals surface area contributed by atoms with Gasteiger partial charge in [0.05, 0.1) is 11.8 Å². The van der Waals surface area contributed by atoms with Crippen molar-refractivity contribution in [2.45, 2.75) is 32.7 Å². The molecule has 0 radical (unpaired) electrons. The number of aryl methyl sites for hydroxylation is 1. The summed E-state index contributed by atoms with van der Waals surface area (Å²) in [4.78, 5) is 7.01. The minimum absolute atomic E-state index is 0.230. The molecule has 0 saturated heterocycles. The Morgan fingerprint density at radius 1 is 1.25 bits per heavy atom.